The van der Waals surface area contributed by atoms with Gasteiger partial charge in [0.05, 0.1) is 17.6 Å². The van der Waals surface area contributed by atoms with Crippen molar-refractivity contribution in [3.05, 3.63) is 59.5 Å². The summed E-state index contributed by atoms with van der Waals surface area (Å²) < 4.78 is 1.73. The van der Waals surface area contributed by atoms with Crippen LogP contribution in [-0.4, -0.2) is 57.6 Å². The summed E-state index contributed by atoms with van der Waals surface area (Å²) in [6, 6.07) is 11.3. The lowest BCUT2D eigenvalue weighted by Crippen LogP contribution is -2.51. The number of urea groups is 1. The first-order valence-corrected chi connectivity index (χ1v) is 10.2. The topological polar surface area (TPSA) is 93.9 Å². The molecule has 0 bridgehead atoms. The van der Waals surface area contributed by atoms with Crippen LogP contribution in [0.5, 0.6) is 0 Å². The molecule has 2 N–H and O–H groups in total. The van der Waals surface area contributed by atoms with Crippen molar-refractivity contribution in [2.45, 2.75) is 25.4 Å². The molecular formula is C20H24ClN8O+. The second kappa shape index (κ2) is 9.08. The highest BCUT2D eigenvalue weighted by molar-refractivity contribution is 6.32. The third kappa shape index (κ3) is 4.51. The number of H-pyrrole nitrogens is 1. The number of carbonyl (C=O) groups is 1. The largest absolute Gasteiger partial charge is 0.353 e. The van der Waals surface area contributed by atoms with Crippen LogP contribution in [0.3, 0.4) is 0 Å². The Hall–Kier alpha value is -3.20. The molecule has 30 heavy (non-hydrogen) atoms. The number of rotatable bonds is 5. The number of para-hydroxylation sites is 1. The Labute approximate surface area is 179 Å². The van der Waals surface area contributed by atoms with Gasteiger partial charge in [0.15, 0.2) is 17.7 Å². The first kappa shape index (κ1) is 20.1. The molecule has 1 aliphatic heterocycles. The average Bonchev–Trinajstić information content (AvgIpc) is 3.27. The molecule has 156 valence electrons. The monoisotopic (exact) mass is 427 g/mol. The lowest BCUT2D eigenvalue weighted by Gasteiger charge is -2.37. The quantitative estimate of drug-likeness (QED) is 0.607. The molecule has 0 spiro atoms. The zero-order chi connectivity index (χ0) is 20.9. The van der Waals surface area contributed by atoms with Crippen LogP contribution in [0.2, 0.25) is 5.02 Å². The summed E-state index contributed by atoms with van der Waals surface area (Å²) in [5.74, 6) is 0.844. The van der Waals surface area contributed by atoms with Crippen LogP contribution >= 0.6 is 11.6 Å². The molecule has 1 fully saturated rings. The van der Waals surface area contributed by atoms with Crippen LogP contribution in [0.1, 0.15) is 18.5 Å². The SMILES string of the molecule is CN(C(=O)NCc1c[n+](-c2ccccc2Cl)[nH]n1)[C@@H]1CCCN(c2cccnn2)C1. The van der Waals surface area contributed by atoms with E-state index in [4.69, 9.17) is 11.6 Å². The minimum absolute atomic E-state index is 0.105. The van der Waals surface area contributed by atoms with Crippen LogP contribution < -0.4 is 14.9 Å². The van der Waals surface area contributed by atoms with Gasteiger partial charge in [0.2, 0.25) is 5.69 Å². The van der Waals surface area contributed by atoms with Gasteiger partial charge in [-0.25, -0.2) is 4.79 Å². The fourth-order valence-electron chi connectivity index (χ4n) is 3.58. The highest BCUT2D eigenvalue weighted by Crippen LogP contribution is 2.19. The van der Waals surface area contributed by atoms with Crippen molar-refractivity contribution in [3.8, 4) is 5.69 Å². The van der Waals surface area contributed by atoms with Gasteiger partial charge >= 0.3 is 6.03 Å². The average molecular weight is 428 g/mol. The molecule has 0 unspecified atom stereocenters. The normalized spacial score (nSPS) is 16.3. The molecule has 3 aromatic rings. The number of halogens is 1. The smallest absolute Gasteiger partial charge is 0.317 e. The molecule has 2 amide bonds. The van der Waals surface area contributed by atoms with Gasteiger partial charge in [-0.3, -0.25) is 0 Å². The maximum absolute atomic E-state index is 12.7. The number of hydrogen-bond donors (Lipinski definition) is 2. The van der Waals surface area contributed by atoms with Crippen molar-refractivity contribution in [1.29, 1.82) is 0 Å². The number of benzene rings is 1. The number of anilines is 1. The minimum atomic E-state index is -0.131. The van der Waals surface area contributed by atoms with E-state index >= 15 is 0 Å². The number of amides is 2. The number of nitrogens with one attached hydrogen (secondary N) is 2. The first-order chi connectivity index (χ1) is 14.6. The zero-order valence-corrected chi connectivity index (χ0v) is 17.5. The summed E-state index contributed by atoms with van der Waals surface area (Å²) in [6.07, 6.45) is 5.43. The molecule has 9 nitrogen and oxygen atoms in total. The lowest BCUT2D eigenvalue weighted by molar-refractivity contribution is -0.659. The van der Waals surface area contributed by atoms with Crippen LogP contribution in [-0.2, 0) is 6.54 Å². The van der Waals surface area contributed by atoms with E-state index in [2.05, 4.69) is 30.7 Å². The van der Waals surface area contributed by atoms with E-state index < -0.39 is 0 Å². The summed E-state index contributed by atoms with van der Waals surface area (Å²) in [5, 5.41) is 18.8. The number of piperidine rings is 1. The summed E-state index contributed by atoms with van der Waals surface area (Å²) in [6.45, 7) is 1.97. The van der Waals surface area contributed by atoms with Crippen LogP contribution in [0.25, 0.3) is 5.69 Å². The lowest BCUT2D eigenvalue weighted by atomic mass is 10.0. The van der Waals surface area contributed by atoms with Crippen LogP contribution in [0, 0.1) is 0 Å². The molecule has 1 aromatic carbocycles. The number of likely N-dealkylation sites (N-methyl/N-ethyl adjacent to an activating group) is 1. The van der Waals surface area contributed by atoms with Crippen LogP contribution in [0.4, 0.5) is 10.6 Å². The Kier molecular flexibility index (Phi) is 6.08. The summed E-state index contributed by atoms with van der Waals surface area (Å²) in [7, 11) is 1.83. The molecule has 2 aromatic heterocycles. The molecule has 1 aliphatic rings. The zero-order valence-electron chi connectivity index (χ0n) is 16.7. The van der Waals surface area contributed by atoms with Crippen molar-refractivity contribution in [3.63, 3.8) is 0 Å². The molecule has 0 radical (unpaired) electrons. The maximum Gasteiger partial charge on any atom is 0.317 e. The molecule has 10 heteroatoms. The van der Waals surface area contributed by atoms with Crippen molar-refractivity contribution < 1.29 is 9.48 Å². The third-order valence-electron chi connectivity index (χ3n) is 5.26. The Bertz CT molecular complexity index is 995. The third-order valence-corrected chi connectivity index (χ3v) is 5.58. The predicted molar refractivity (Wildman–Crippen MR) is 112 cm³/mol. The van der Waals surface area contributed by atoms with Gasteiger partial charge in [-0.05, 0) is 37.1 Å². The molecule has 4 rings (SSSR count). The minimum Gasteiger partial charge on any atom is -0.353 e. The standard InChI is InChI=1S/C20H23ClN8O/c1-27(16-6-5-11-28(14-16)19-9-4-10-23-25-19)20(30)22-12-15-13-29(26-24-15)18-8-3-2-7-17(18)21/h2-4,7-10,13,16H,5-6,11-12,14H2,1H3,(H,22,30)/p+1/t16-/m1/s1. The Balaban J connectivity index is 1.33. The Morgan fingerprint density at radius 3 is 3.03 bits per heavy atom. The maximum atomic E-state index is 12.7. The molecule has 1 atom stereocenters. The van der Waals surface area contributed by atoms with Crippen molar-refractivity contribution in [2.75, 3.05) is 25.0 Å². The number of aromatic nitrogens is 5. The second-order valence-electron chi connectivity index (χ2n) is 7.25. The molecule has 0 aliphatic carbocycles. The fourth-order valence-corrected chi connectivity index (χ4v) is 3.81. The highest BCUT2D eigenvalue weighted by atomic mass is 35.5. The van der Waals surface area contributed by atoms with E-state index in [0.29, 0.717) is 17.3 Å². The highest BCUT2D eigenvalue weighted by Gasteiger charge is 2.27. The fraction of sp³-hybridized carbons (Fsp3) is 0.350. The number of carbonyl (C=O) groups excluding carboxylic acids is 1. The number of hydrogen-bond acceptors (Lipinski definition) is 5. The molecular weight excluding hydrogens is 404 g/mol. The van der Waals surface area contributed by atoms with E-state index in [9.17, 15) is 4.79 Å². The number of nitrogens with zero attached hydrogens (tertiary/aromatic N) is 6. The van der Waals surface area contributed by atoms with Gasteiger partial charge < -0.3 is 15.1 Å². The van der Waals surface area contributed by atoms with E-state index in [0.717, 1.165) is 37.4 Å². The molecule has 3 heterocycles. The summed E-state index contributed by atoms with van der Waals surface area (Å²) >= 11 is 6.22. The van der Waals surface area contributed by atoms with Gasteiger partial charge in [0.1, 0.15) is 0 Å². The summed E-state index contributed by atoms with van der Waals surface area (Å²) in [5.41, 5.74) is 1.51. The van der Waals surface area contributed by atoms with Gasteiger partial charge in [-0.15, -0.1) is 9.78 Å². The van der Waals surface area contributed by atoms with Gasteiger partial charge in [0, 0.05) is 31.4 Å². The van der Waals surface area contributed by atoms with E-state index in [-0.39, 0.29) is 12.1 Å². The Morgan fingerprint density at radius 1 is 1.37 bits per heavy atom. The second-order valence-corrected chi connectivity index (χ2v) is 7.65. The molecule has 0 saturated carbocycles. The van der Waals surface area contributed by atoms with Crippen molar-refractivity contribution >= 4 is 23.4 Å². The molecule has 1 saturated heterocycles. The Morgan fingerprint density at radius 2 is 2.23 bits per heavy atom. The van der Waals surface area contributed by atoms with Gasteiger partial charge in [0.25, 0.3) is 0 Å². The van der Waals surface area contributed by atoms with Crippen LogP contribution in [0.15, 0.2) is 48.8 Å². The van der Waals surface area contributed by atoms with Gasteiger partial charge in [-0.1, -0.05) is 28.9 Å². The summed E-state index contributed by atoms with van der Waals surface area (Å²) in [4.78, 5) is 16.6. The first-order valence-electron chi connectivity index (χ1n) is 9.86. The van der Waals surface area contributed by atoms with Crippen molar-refractivity contribution in [2.24, 2.45) is 0 Å². The number of aromatic amines is 1. The van der Waals surface area contributed by atoms with Crippen molar-refractivity contribution in [1.82, 2.24) is 30.7 Å². The van der Waals surface area contributed by atoms with E-state index in [1.165, 1.54) is 0 Å². The van der Waals surface area contributed by atoms with E-state index in [1.54, 1.807) is 15.8 Å². The van der Waals surface area contributed by atoms with Gasteiger partial charge in [-0.2, -0.15) is 5.10 Å². The van der Waals surface area contributed by atoms with E-state index in [1.807, 2.05) is 49.6 Å². The predicted octanol–water partition coefficient (Wildman–Crippen LogP) is 1.94.